The van der Waals surface area contributed by atoms with Crippen LogP contribution in [0.3, 0.4) is 0 Å². The first-order chi connectivity index (χ1) is 8.81. The van der Waals surface area contributed by atoms with E-state index in [9.17, 15) is 0 Å². The maximum atomic E-state index is 8.74. The summed E-state index contributed by atoms with van der Waals surface area (Å²) in [6.07, 6.45) is 4.29. The molecule has 18 heavy (non-hydrogen) atoms. The van der Waals surface area contributed by atoms with E-state index >= 15 is 0 Å². The molecule has 0 amide bonds. The van der Waals surface area contributed by atoms with Gasteiger partial charge in [0.25, 0.3) is 0 Å². The highest BCUT2D eigenvalue weighted by atomic mass is 35.5. The van der Waals surface area contributed by atoms with Crippen LogP contribution in [0.4, 0.5) is 0 Å². The van der Waals surface area contributed by atoms with E-state index in [2.05, 4.69) is 17.4 Å². The van der Waals surface area contributed by atoms with Crippen LogP contribution in [0.2, 0.25) is 5.02 Å². The molecular formula is C14H20ClNOS. The molecule has 100 valence electrons. The number of hydrogen-bond acceptors (Lipinski definition) is 3. The summed E-state index contributed by atoms with van der Waals surface area (Å²) in [6.45, 7) is 1.32. The first-order valence-corrected chi connectivity index (χ1v) is 7.94. The third-order valence-corrected chi connectivity index (χ3v) is 4.59. The zero-order valence-corrected chi connectivity index (χ0v) is 12.1. The molecule has 1 aliphatic rings. The molecule has 0 radical (unpaired) electrons. The highest BCUT2D eigenvalue weighted by Crippen LogP contribution is 2.37. The van der Waals surface area contributed by atoms with E-state index in [1.165, 1.54) is 16.2 Å². The Hall–Kier alpha value is -0.220. The van der Waals surface area contributed by atoms with Gasteiger partial charge in [-0.3, -0.25) is 0 Å². The van der Waals surface area contributed by atoms with E-state index in [-0.39, 0.29) is 0 Å². The van der Waals surface area contributed by atoms with Gasteiger partial charge in [-0.15, -0.1) is 11.8 Å². The molecule has 0 spiro atoms. The van der Waals surface area contributed by atoms with Crippen LogP contribution in [-0.2, 0) is 0 Å². The number of nitrogens with one attached hydrogen (secondary N) is 1. The van der Waals surface area contributed by atoms with E-state index in [4.69, 9.17) is 16.7 Å². The molecule has 0 aliphatic carbocycles. The van der Waals surface area contributed by atoms with Crippen LogP contribution in [0.25, 0.3) is 0 Å². The van der Waals surface area contributed by atoms with Gasteiger partial charge in [0.1, 0.15) is 0 Å². The first kappa shape index (κ1) is 14.2. The highest BCUT2D eigenvalue weighted by Gasteiger charge is 2.20. The maximum Gasteiger partial charge on any atom is 0.0431 e. The Balaban J connectivity index is 1.89. The molecule has 0 bridgehead atoms. The Bertz CT molecular complexity index is 386. The number of fused-ring (bicyclic) bond motifs is 1. The summed E-state index contributed by atoms with van der Waals surface area (Å²) < 4.78 is 0. The number of benzene rings is 1. The van der Waals surface area contributed by atoms with Crippen LogP contribution in [0.1, 0.15) is 37.3 Å². The predicted molar refractivity (Wildman–Crippen MR) is 78.5 cm³/mol. The molecule has 0 saturated carbocycles. The van der Waals surface area contributed by atoms with Gasteiger partial charge in [0.2, 0.25) is 0 Å². The van der Waals surface area contributed by atoms with E-state index in [1.54, 1.807) is 0 Å². The lowest BCUT2D eigenvalue weighted by Crippen LogP contribution is -2.25. The van der Waals surface area contributed by atoms with Crippen LogP contribution >= 0.6 is 23.4 Å². The van der Waals surface area contributed by atoms with Gasteiger partial charge in [-0.2, -0.15) is 0 Å². The number of halogens is 1. The predicted octanol–water partition coefficient (Wildman–Crippen LogP) is 3.63. The second kappa shape index (κ2) is 7.39. The molecule has 2 rings (SSSR count). The topological polar surface area (TPSA) is 32.3 Å². The second-order valence-electron chi connectivity index (χ2n) is 4.61. The van der Waals surface area contributed by atoms with E-state index in [0.29, 0.717) is 12.6 Å². The van der Waals surface area contributed by atoms with E-state index < -0.39 is 0 Å². The van der Waals surface area contributed by atoms with E-state index in [1.807, 2.05) is 17.8 Å². The van der Waals surface area contributed by atoms with Crippen molar-refractivity contribution in [3.05, 3.63) is 28.8 Å². The average Bonchev–Trinajstić information content (AvgIpc) is 2.39. The fourth-order valence-electron chi connectivity index (χ4n) is 2.27. The number of unbranched alkanes of at least 4 members (excludes halogenated alkanes) is 2. The fourth-order valence-corrected chi connectivity index (χ4v) is 3.55. The fraction of sp³-hybridized carbons (Fsp3) is 0.571. The van der Waals surface area contributed by atoms with Crippen molar-refractivity contribution >= 4 is 23.4 Å². The molecule has 4 heteroatoms. The minimum Gasteiger partial charge on any atom is -0.396 e. The number of aliphatic hydroxyl groups is 1. The number of thioether (sulfide) groups is 1. The normalized spacial score (nSPS) is 18.7. The van der Waals surface area contributed by atoms with Crippen molar-refractivity contribution in [2.24, 2.45) is 0 Å². The van der Waals surface area contributed by atoms with Crippen LogP contribution in [0.15, 0.2) is 23.1 Å². The van der Waals surface area contributed by atoms with Crippen molar-refractivity contribution in [2.75, 3.05) is 18.9 Å². The lowest BCUT2D eigenvalue weighted by Gasteiger charge is -2.26. The summed E-state index contributed by atoms with van der Waals surface area (Å²) in [7, 11) is 0. The minimum absolute atomic E-state index is 0.304. The molecule has 1 atom stereocenters. The Labute approximate surface area is 118 Å². The van der Waals surface area contributed by atoms with Crippen LogP contribution in [-0.4, -0.2) is 24.0 Å². The van der Waals surface area contributed by atoms with Gasteiger partial charge >= 0.3 is 0 Å². The smallest absolute Gasteiger partial charge is 0.0431 e. The van der Waals surface area contributed by atoms with Crippen molar-refractivity contribution < 1.29 is 5.11 Å². The first-order valence-electron chi connectivity index (χ1n) is 6.58. The standard InChI is InChI=1S/C14H20ClNOS/c15-11-4-5-14-12(10-11)13(6-9-18-14)16-7-2-1-3-8-17/h4-5,10,13,16-17H,1-3,6-9H2. The highest BCUT2D eigenvalue weighted by molar-refractivity contribution is 7.99. The summed E-state index contributed by atoms with van der Waals surface area (Å²) >= 11 is 8.00. The van der Waals surface area contributed by atoms with Gasteiger partial charge in [-0.05, 0) is 61.7 Å². The zero-order chi connectivity index (χ0) is 12.8. The second-order valence-corrected chi connectivity index (χ2v) is 6.18. The molecule has 1 aliphatic heterocycles. The maximum absolute atomic E-state index is 8.74. The lowest BCUT2D eigenvalue weighted by atomic mass is 10.0. The van der Waals surface area contributed by atoms with Gasteiger partial charge in [0.15, 0.2) is 0 Å². The summed E-state index contributed by atoms with van der Waals surface area (Å²) in [5.41, 5.74) is 1.35. The summed E-state index contributed by atoms with van der Waals surface area (Å²) in [5.74, 6) is 1.17. The van der Waals surface area contributed by atoms with Crippen molar-refractivity contribution in [3.63, 3.8) is 0 Å². The molecule has 1 aromatic carbocycles. The minimum atomic E-state index is 0.304. The van der Waals surface area contributed by atoms with Gasteiger partial charge in [-0.1, -0.05) is 11.6 Å². The quantitative estimate of drug-likeness (QED) is 0.783. The summed E-state index contributed by atoms with van der Waals surface area (Å²) in [6, 6.07) is 6.63. The number of rotatable bonds is 6. The van der Waals surface area contributed by atoms with Crippen LogP contribution < -0.4 is 5.32 Å². The third kappa shape index (κ3) is 3.89. The zero-order valence-electron chi connectivity index (χ0n) is 10.5. The van der Waals surface area contributed by atoms with Crippen LogP contribution in [0, 0.1) is 0 Å². The van der Waals surface area contributed by atoms with E-state index in [0.717, 1.165) is 37.3 Å². The molecule has 2 nitrogen and oxygen atoms in total. The summed E-state index contributed by atoms with van der Waals surface area (Å²) in [4.78, 5) is 1.36. The Kier molecular flexibility index (Phi) is 5.83. The Morgan fingerprint density at radius 3 is 3.06 bits per heavy atom. The molecule has 0 saturated heterocycles. The molecule has 0 aromatic heterocycles. The van der Waals surface area contributed by atoms with Crippen LogP contribution in [0.5, 0.6) is 0 Å². The van der Waals surface area contributed by atoms with Gasteiger partial charge < -0.3 is 10.4 Å². The Morgan fingerprint density at radius 1 is 1.33 bits per heavy atom. The van der Waals surface area contributed by atoms with Crippen molar-refractivity contribution in [3.8, 4) is 0 Å². The Morgan fingerprint density at radius 2 is 2.22 bits per heavy atom. The largest absolute Gasteiger partial charge is 0.396 e. The third-order valence-electron chi connectivity index (χ3n) is 3.24. The molecular weight excluding hydrogens is 266 g/mol. The summed E-state index contributed by atoms with van der Waals surface area (Å²) in [5, 5.41) is 13.2. The molecule has 1 heterocycles. The lowest BCUT2D eigenvalue weighted by molar-refractivity contribution is 0.282. The number of aliphatic hydroxyl groups excluding tert-OH is 1. The average molecular weight is 286 g/mol. The molecule has 0 fully saturated rings. The van der Waals surface area contributed by atoms with Crippen molar-refractivity contribution in [1.82, 2.24) is 5.32 Å². The van der Waals surface area contributed by atoms with Crippen molar-refractivity contribution in [2.45, 2.75) is 36.6 Å². The molecule has 2 N–H and O–H groups in total. The monoisotopic (exact) mass is 285 g/mol. The number of hydrogen-bond donors (Lipinski definition) is 2. The molecule has 1 aromatic rings. The van der Waals surface area contributed by atoms with Gasteiger partial charge in [0.05, 0.1) is 0 Å². The van der Waals surface area contributed by atoms with Gasteiger partial charge in [0, 0.05) is 22.6 Å². The molecule has 1 unspecified atom stereocenters. The van der Waals surface area contributed by atoms with Crippen molar-refractivity contribution in [1.29, 1.82) is 0 Å². The SMILES string of the molecule is OCCCCCNC1CCSc2ccc(Cl)cc21. The van der Waals surface area contributed by atoms with Gasteiger partial charge in [-0.25, -0.2) is 0 Å².